The van der Waals surface area contributed by atoms with Crippen LogP contribution < -0.4 is 9.47 Å². The largest absolute Gasteiger partial charge is 0.494 e. The van der Waals surface area contributed by atoms with E-state index in [4.69, 9.17) is 9.47 Å². The van der Waals surface area contributed by atoms with Crippen LogP contribution in [0.15, 0.2) is 91.5 Å². The standard InChI is InChI=1S/C28H32O2/c1-3-5-21-29-26-19-17-25(18-20-26)24(4-2)13-9-11-23-12-10-16-28(22-23)30-27-14-7-6-8-15-27/h4,6-8,10,12,14-20,22,24H,2-3,5,9,11,13,21H2,1H3. The van der Waals surface area contributed by atoms with Gasteiger partial charge in [-0.05, 0) is 73.2 Å². The Balaban J connectivity index is 1.51. The molecule has 0 saturated heterocycles. The second kappa shape index (κ2) is 11.9. The predicted octanol–water partition coefficient (Wildman–Crippen LogP) is 7.95. The normalized spacial score (nSPS) is 11.6. The first kappa shape index (κ1) is 21.7. The molecular weight excluding hydrogens is 368 g/mol. The highest BCUT2D eigenvalue weighted by molar-refractivity contribution is 5.34. The molecule has 0 radical (unpaired) electrons. The lowest BCUT2D eigenvalue weighted by Crippen LogP contribution is -1.99. The lowest BCUT2D eigenvalue weighted by molar-refractivity contribution is 0.309. The molecule has 0 spiro atoms. The van der Waals surface area contributed by atoms with Gasteiger partial charge in [0.25, 0.3) is 0 Å². The third kappa shape index (κ3) is 6.81. The molecule has 30 heavy (non-hydrogen) atoms. The lowest BCUT2D eigenvalue weighted by Gasteiger charge is -2.14. The number of unbranched alkanes of at least 4 members (excludes halogenated alkanes) is 1. The quantitative estimate of drug-likeness (QED) is 0.227. The number of hydrogen-bond acceptors (Lipinski definition) is 2. The van der Waals surface area contributed by atoms with Crippen molar-refractivity contribution in [3.63, 3.8) is 0 Å². The molecule has 3 rings (SSSR count). The molecule has 0 aliphatic rings. The zero-order valence-electron chi connectivity index (χ0n) is 17.9. The molecule has 0 aliphatic carbocycles. The van der Waals surface area contributed by atoms with Gasteiger partial charge in [-0.2, -0.15) is 0 Å². The van der Waals surface area contributed by atoms with Crippen molar-refractivity contribution in [1.29, 1.82) is 0 Å². The first-order chi connectivity index (χ1) is 14.8. The van der Waals surface area contributed by atoms with Crippen molar-refractivity contribution in [3.05, 3.63) is 103 Å². The Morgan fingerprint density at radius 2 is 1.60 bits per heavy atom. The molecule has 3 aromatic rings. The van der Waals surface area contributed by atoms with Crippen LogP contribution in [0.4, 0.5) is 0 Å². The number of aryl methyl sites for hydroxylation is 1. The predicted molar refractivity (Wildman–Crippen MR) is 126 cm³/mol. The Kier molecular flexibility index (Phi) is 8.59. The minimum atomic E-state index is 0.360. The second-order valence-electron chi connectivity index (χ2n) is 7.57. The lowest BCUT2D eigenvalue weighted by atomic mass is 9.92. The number of para-hydroxylation sites is 1. The van der Waals surface area contributed by atoms with Gasteiger partial charge in [-0.1, -0.05) is 61.9 Å². The van der Waals surface area contributed by atoms with E-state index in [9.17, 15) is 0 Å². The minimum absolute atomic E-state index is 0.360. The van der Waals surface area contributed by atoms with Crippen LogP contribution in [0.2, 0.25) is 0 Å². The molecule has 3 aromatic carbocycles. The number of rotatable bonds is 12. The SMILES string of the molecule is C=CC(CCCc1cccc(Oc2ccccc2)c1)c1ccc(OCCCC)cc1. The maximum Gasteiger partial charge on any atom is 0.127 e. The highest BCUT2D eigenvalue weighted by atomic mass is 16.5. The Morgan fingerprint density at radius 1 is 0.833 bits per heavy atom. The fourth-order valence-electron chi connectivity index (χ4n) is 3.48. The van der Waals surface area contributed by atoms with E-state index in [1.165, 1.54) is 11.1 Å². The highest BCUT2D eigenvalue weighted by Crippen LogP contribution is 2.27. The molecule has 1 atom stereocenters. The molecule has 0 fully saturated rings. The van der Waals surface area contributed by atoms with Crippen molar-refractivity contribution in [2.45, 2.75) is 44.9 Å². The minimum Gasteiger partial charge on any atom is -0.494 e. The maximum absolute atomic E-state index is 5.96. The van der Waals surface area contributed by atoms with Gasteiger partial charge in [0.1, 0.15) is 17.2 Å². The van der Waals surface area contributed by atoms with Gasteiger partial charge in [0.05, 0.1) is 6.61 Å². The van der Waals surface area contributed by atoms with Crippen LogP contribution in [-0.4, -0.2) is 6.61 Å². The molecule has 2 heteroatoms. The number of benzene rings is 3. The fourth-order valence-corrected chi connectivity index (χ4v) is 3.48. The average Bonchev–Trinajstić information content (AvgIpc) is 2.79. The van der Waals surface area contributed by atoms with E-state index < -0.39 is 0 Å². The van der Waals surface area contributed by atoms with Crippen LogP contribution in [0, 0.1) is 0 Å². The van der Waals surface area contributed by atoms with Crippen molar-refractivity contribution < 1.29 is 9.47 Å². The molecular formula is C28H32O2. The van der Waals surface area contributed by atoms with Crippen LogP contribution in [0.3, 0.4) is 0 Å². The maximum atomic E-state index is 5.96. The second-order valence-corrected chi connectivity index (χ2v) is 7.57. The van der Waals surface area contributed by atoms with E-state index in [0.29, 0.717) is 5.92 Å². The first-order valence-electron chi connectivity index (χ1n) is 11.0. The van der Waals surface area contributed by atoms with Crippen LogP contribution >= 0.6 is 0 Å². The summed E-state index contributed by atoms with van der Waals surface area (Å²) in [5.74, 6) is 3.06. The van der Waals surface area contributed by atoms with Gasteiger partial charge in [0.15, 0.2) is 0 Å². The van der Waals surface area contributed by atoms with Gasteiger partial charge in [-0.15, -0.1) is 6.58 Å². The Hall–Kier alpha value is -3.00. The molecule has 0 aliphatic heterocycles. The number of allylic oxidation sites excluding steroid dienone is 1. The number of ether oxygens (including phenoxy) is 2. The molecule has 0 amide bonds. The summed E-state index contributed by atoms with van der Waals surface area (Å²) in [6.45, 7) is 7.02. The van der Waals surface area contributed by atoms with Crippen LogP contribution in [0.5, 0.6) is 17.2 Å². The smallest absolute Gasteiger partial charge is 0.127 e. The van der Waals surface area contributed by atoms with E-state index in [0.717, 1.165) is 56.0 Å². The zero-order chi connectivity index (χ0) is 21.0. The average molecular weight is 401 g/mol. The molecule has 0 saturated carbocycles. The Bertz CT molecular complexity index is 884. The van der Waals surface area contributed by atoms with Crippen molar-refractivity contribution in [3.8, 4) is 17.2 Å². The van der Waals surface area contributed by atoms with Crippen LogP contribution in [0.25, 0.3) is 0 Å². The summed E-state index contributed by atoms with van der Waals surface area (Å²) in [6.07, 6.45) is 7.49. The summed E-state index contributed by atoms with van der Waals surface area (Å²) >= 11 is 0. The molecule has 2 nitrogen and oxygen atoms in total. The van der Waals surface area contributed by atoms with Crippen LogP contribution in [-0.2, 0) is 6.42 Å². The van der Waals surface area contributed by atoms with Gasteiger partial charge < -0.3 is 9.47 Å². The van der Waals surface area contributed by atoms with Gasteiger partial charge >= 0.3 is 0 Å². The molecule has 0 aromatic heterocycles. The van der Waals surface area contributed by atoms with Gasteiger partial charge in [-0.3, -0.25) is 0 Å². The topological polar surface area (TPSA) is 18.5 Å². The number of hydrogen-bond donors (Lipinski definition) is 0. The Morgan fingerprint density at radius 3 is 2.33 bits per heavy atom. The van der Waals surface area contributed by atoms with Crippen molar-refractivity contribution in [2.75, 3.05) is 6.61 Å². The van der Waals surface area contributed by atoms with Gasteiger partial charge in [-0.25, -0.2) is 0 Å². The van der Waals surface area contributed by atoms with E-state index in [1.54, 1.807) is 0 Å². The third-order valence-corrected chi connectivity index (χ3v) is 5.22. The molecule has 156 valence electrons. The summed E-state index contributed by atoms with van der Waals surface area (Å²) in [5.41, 5.74) is 2.60. The summed E-state index contributed by atoms with van der Waals surface area (Å²) in [6, 6.07) is 26.8. The van der Waals surface area contributed by atoms with Crippen molar-refractivity contribution in [1.82, 2.24) is 0 Å². The molecule has 0 heterocycles. The summed E-state index contributed by atoms with van der Waals surface area (Å²) in [7, 11) is 0. The summed E-state index contributed by atoms with van der Waals surface area (Å²) in [4.78, 5) is 0. The summed E-state index contributed by atoms with van der Waals surface area (Å²) < 4.78 is 11.7. The Labute approximate surface area is 181 Å². The zero-order valence-corrected chi connectivity index (χ0v) is 17.9. The van der Waals surface area contributed by atoms with E-state index in [2.05, 4.69) is 62.0 Å². The fraction of sp³-hybridized carbons (Fsp3) is 0.286. The van der Waals surface area contributed by atoms with E-state index >= 15 is 0 Å². The van der Waals surface area contributed by atoms with Gasteiger partial charge in [0.2, 0.25) is 0 Å². The molecule has 1 unspecified atom stereocenters. The van der Waals surface area contributed by atoms with Gasteiger partial charge in [0, 0.05) is 5.92 Å². The highest BCUT2D eigenvalue weighted by Gasteiger charge is 2.08. The molecule has 0 bridgehead atoms. The summed E-state index contributed by atoms with van der Waals surface area (Å²) in [5, 5.41) is 0. The van der Waals surface area contributed by atoms with Crippen molar-refractivity contribution >= 4 is 0 Å². The molecule has 0 N–H and O–H groups in total. The first-order valence-corrected chi connectivity index (χ1v) is 11.0. The van der Waals surface area contributed by atoms with Crippen molar-refractivity contribution in [2.24, 2.45) is 0 Å². The van der Waals surface area contributed by atoms with E-state index in [1.807, 2.05) is 36.4 Å². The van der Waals surface area contributed by atoms with Crippen LogP contribution in [0.1, 0.15) is 49.7 Å². The third-order valence-electron chi connectivity index (χ3n) is 5.22. The van der Waals surface area contributed by atoms with E-state index in [-0.39, 0.29) is 0 Å². The monoisotopic (exact) mass is 400 g/mol.